The Morgan fingerprint density at radius 1 is 1.23 bits per heavy atom. The first-order chi connectivity index (χ1) is 16.3. The molecule has 3 N–H and O–H groups in total. The predicted octanol–water partition coefficient (Wildman–Crippen LogP) is 3.09. The molecule has 1 amide bonds. The summed E-state index contributed by atoms with van der Waals surface area (Å²) < 4.78 is 85.3. The van der Waals surface area contributed by atoms with E-state index >= 15 is 0 Å². The molecule has 2 aliphatic rings. The minimum absolute atomic E-state index is 0.0232. The molecule has 1 atom stereocenters. The third-order valence-corrected chi connectivity index (χ3v) is 6.18. The second kappa shape index (κ2) is 8.39. The van der Waals surface area contributed by atoms with E-state index in [1.54, 1.807) is 4.90 Å². The first-order valence-corrected chi connectivity index (χ1v) is 10.3. The van der Waals surface area contributed by atoms with E-state index in [2.05, 4.69) is 25.2 Å². The number of piperidine rings is 1. The minimum atomic E-state index is -5.13. The molecule has 0 aromatic carbocycles. The Kier molecular flexibility index (Phi) is 5.93. The van der Waals surface area contributed by atoms with E-state index in [1.807, 2.05) is 0 Å². The van der Waals surface area contributed by atoms with E-state index in [1.165, 1.54) is 0 Å². The molecule has 2 aromatic heterocycles. The molecule has 1 saturated heterocycles. The average molecular weight is 507 g/mol. The number of carbonyl (C=O) groups excluding carboxylic acids is 2. The highest BCUT2D eigenvalue weighted by Gasteiger charge is 2.61. The number of hydrogen-bond donors (Lipinski definition) is 3. The molecule has 190 valence electrons. The highest BCUT2D eigenvalue weighted by Crippen LogP contribution is 2.50. The van der Waals surface area contributed by atoms with Crippen molar-refractivity contribution in [3.05, 3.63) is 34.6 Å². The highest BCUT2D eigenvalue weighted by atomic mass is 19.4. The molecule has 0 bridgehead atoms. The molecule has 1 fully saturated rings. The Morgan fingerprint density at radius 2 is 1.89 bits per heavy atom. The number of amides is 1. The van der Waals surface area contributed by atoms with Crippen LogP contribution in [0.3, 0.4) is 0 Å². The van der Waals surface area contributed by atoms with Crippen LogP contribution in [0.15, 0.2) is 12.3 Å². The molecule has 0 aliphatic carbocycles. The maximum absolute atomic E-state index is 13.7. The standard InChI is InChI=1S/C20H19F6N5O4/c1-35-17(33)10-6-12(27-8-11(10)19(21,22)23)31-4-2-9(3-5-31)15-14-16(30-29-15)28-13(32)7-18(14,34)20(24,25)26/h6,8-9,34H,2-5,7H2,1H3,(H2,28,29,30,32). The minimum Gasteiger partial charge on any atom is -0.465 e. The lowest BCUT2D eigenvalue weighted by molar-refractivity contribution is -0.267. The number of halogens is 6. The van der Waals surface area contributed by atoms with Gasteiger partial charge in [-0.15, -0.1) is 0 Å². The number of aromatic amines is 1. The molecule has 35 heavy (non-hydrogen) atoms. The molecule has 0 saturated carbocycles. The first kappa shape index (κ1) is 24.8. The Bertz CT molecular complexity index is 1160. The zero-order valence-corrected chi connectivity index (χ0v) is 18.0. The Morgan fingerprint density at radius 3 is 2.46 bits per heavy atom. The van der Waals surface area contributed by atoms with Crippen LogP contribution in [0.2, 0.25) is 0 Å². The van der Waals surface area contributed by atoms with Crippen LogP contribution >= 0.6 is 0 Å². The van der Waals surface area contributed by atoms with E-state index in [-0.39, 0.29) is 37.4 Å². The molecule has 15 heteroatoms. The normalized spacial score (nSPS) is 21.5. The van der Waals surface area contributed by atoms with Crippen LogP contribution in [0.5, 0.6) is 0 Å². The van der Waals surface area contributed by atoms with Gasteiger partial charge in [0, 0.05) is 30.9 Å². The number of nitrogens with zero attached hydrogens (tertiary/aromatic N) is 3. The van der Waals surface area contributed by atoms with Crippen LogP contribution in [0.1, 0.15) is 52.4 Å². The van der Waals surface area contributed by atoms with Gasteiger partial charge in [-0.1, -0.05) is 0 Å². The number of aromatic nitrogens is 3. The largest absolute Gasteiger partial charge is 0.465 e. The van der Waals surface area contributed by atoms with Gasteiger partial charge in [-0.05, 0) is 18.9 Å². The third-order valence-electron chi connectivity index (χ3n) is 6.18. The van der Waals surface area contributed by atoms with Crippen molar-refractivity contribution >= 4 is 23.5 Å². The van der Waals surface area contributed by atoms with Crippen molar-refractivity contribution in [1.82, 2.24) is 15.2 Å². The zero-order valence-electron chi connectivity index (χ0n) is 18.0. The van der Waals surface area contributed by atoms with Crippen LogP contribution < -0.4 is 10.2 Å². The molecule has 9 nitrogen and oxygen atoms in total. The number of pyridine rings is 1. The SMILES string of the molecule is COC(=O)c1cc(N2CCC(c3[nH]nc4c3C(O)(C(F)(F)F)CC(=O)N4)CC2)ncc1C(F)(F)F. The lowest BCUT2D eigenvalue weighted by atomic mass is 9.81. The fourth-order valence-corrected chi connectivity index (χ4v) is 4.42. The van der Waals surface area contributed by atoms with E-state index in [0.717, 1.165) is 13.2 Å². The van der Waals surface area contributed by atoms with Crippen molar-refractivity contribution in [2.75, 3.05) is 30.4 Å². The van der Waals surface area contributed by atoms with Gasteiger partial charge in [-0.25, -0.2) is 9.78 Å². The summed E-state index contributed by atoms with van der Waals surface area (Å²) in [6, 6.07) is 0.963. The van der Waals surface area contributed by atoms with Gasteiger partial charge in [0.2, 0.25) is 5.91 Å². The second-order valence-corrected chi connectivity index (χ2v) is 8.28. The van der Waals surface area contributed by atoms with Gasteiger partial charge < -0.3 is 20.1 Å². The van der Waals surface area contributed by atoms with Crippen LogP contribution in [0.25, 0.3) is 0 Å². The smallest absolute Gasteiger partial charge is 0.422 e. The highest BCUT2D eigenvalue weighted by molar-refractivity contribution is 5.94. The number of esters is 1. The Labute approximate surface area is 193 Å². The molecule has 4 rings (SSSR count). The van der Waals surface area contributed by atoms with Gasteiger partial charge >= 0.3 is 18.3 Å². The summed E-state index contributed by atoms with van der Waals surface area (Å²) in [5, 5.41) is 18.9. The van der Waals surface area contributed by atoms with Gasteiger partial charge in [-0.3, -0.25) is 9.89 Å². The van der Waals surface area contributed by atoms with E-state index in [0.29, 0.717) is 6.20 Å². The lowest BCUT2D eigenvalue weighted by Crippen LogP contribution is -2.49. The fraction of sp³-hybridized carbons (Fsp3) is 0.500. The second-order valence-electron chi connectivity index (χ2n) is 8.28. The number of nitrogens with one attached hydrogen (secondary N) is 2. The van der Waals surface area contributed by atoms with Gasteiger partial charge in [0.15, 0.2) is 11.4 Å². The first-order valence-electron chi connectivity index (χ1n) is 10.3. The van der Waals surface area contributed by atoms with E-state index in [9.17, 15) is 41.0 Å². The quantitative estimate of drug-likeness (QED) is 0.431. The van der Waals surface area contributed by atoms with Crippen molar-refractivity contribution in [1.29, 1.82) is 0 Å². The number of hydrogen-bond acceptors (Lipinski definition) is 7. The molecule has 2 aromatic rings. The summed E-state index contributed by atoms with van der Waals surface area (Å²) in [7, 11) is 0.948. The van der Waals surface area contributed by atoms with E-state index in [4.69, 9.17) is 0 Å². The average Bonchev–Trinajstić information content (AvgIpc) is 3.21. The zero-order chi connectivity index (χ0) is 25.8. The monoisotopic (exact) mass is 507 g/mol. The predicted molar refractivity (Wildman–Crippen MR) is 107 cm³/mol. The molecule has 0 spiro atoms. The van der Waals surface area contributed by atoms with Crippen molar-refractivity contribution in [3.63, 3.8) is 0 Å². The summed E-state index contributed by atoms with van der Waals surface area (Å²) in [5.74, 6) is -3.07. The number of H-pyrrole nitrogens is 1. The van der Waals surface area contributed by atoms with Crippen LogP contribution in [0, 0.1) is 0 Å². The number of anilines is 2. The van der Waals surface area contributed by atoms with Crippen molar-refractivity contribution < 1.29 is 45.8 Å². The third kappa shape index (κ3) is 4.28. The maximum atomic E-state index is 13.7. The number of carbonyl (C=O) groups is 2. The molecule has 2 aliphatic heterocycles. The summed E-state index contributed by atoms with van der Waals surface area (Å²) in [5.41, 5.74) is -5.88. The Hall–Kier alpha value is -3.36. The number of fused-ring (bicyclic) bond motifs is 1. The molecular weight excluding hydrogens is 488 g/mol. The summed E-state index contributed by atoms with van der Waals surface area (Å²) in [6.07, 6.45) is -10.2. The number of alkyl halides is 6. The fourth-order valence-electron chi connectivity index (χ4n) is 4.42. The maximum Gasteiger partial charge on any atom is 0.422 e. The molecule has 4 heterocycles. The molecule has 1 unspecified atom stereocenters. The van der Waals surface area contributed by atoms with Crippen LogP contribution in [-0.4, -0.2) is 58.5 Å². The van der Waals surface area contributed by atoms with Gasteiger partial charge in [-0.2, -0.15) is 31.4 Å². The number of aliphatic hydroxyl groups is 1. The number of rotatable bonds is 3. The lowest BCUT2D eigenvalue weighted by Gasteiger charge is -2.37. The van der Waals surface area contributed by atoms with Crippen LogP contribution in [-0.2, 0) is 21.3 Å². The van der Waals surface area contributed by atoms with Crippen molar-refractivity contribution in [3.8, 4) is 0 Å². The number of ether oxygens (including phenoxy) is 1. The Balaban J connectivity index is 1.58. The molecule has 0 radical (unpaired) electrons. The van der Waals surface area contributed by atoms with Crippen molar-refractivity contribution in [2.24, 2.45) is 0 Å². The van der Waals surface area contributed by atoms with E-state index < -0.39 is 64.7 Å². The summed E-state index contributed by atoms with van der Waals surface area (Å²) >= 11 is 0. The van der Waals surface area contributed by atoms with Gasteiger partial charge in [0.25, 0.3) is 0 Å². The van der Waals surface area contributed by atoms with Gasteiger partial charge in [0.05, 0.1) is 30.2 Å². The summed E-state index contributed by atoms with van der Waals surface area (Å²) in [4.78, 5) is 29.0. The summed E-state index contributed by atoms with van der Waals surface area (Å²) in [6.45, 7) is 0.350. The topological polar surface area (TPSA) is 120 Å². The van der Waals surface area contributed by atoms with Gasteiger partial charge in [0.1, 0.15) is 5.82 Å². The van der Waals surface area contributed by atoms with Crippen molar-refractivity contribution in [2.45, 2.75) is 43.1 Å². The number of methoxy groups -OCH3 is 1. The van der Waals surface area contributed by atoms with Crippen LogP contribution in [0.4, 0.5) is 38.0 Å². The molecular formula is C20H19F6N5O4.